The molecule has 0 saturated carbocycles. The summed E-state index contributed by atoms with van der Waals surface area (Å²) < 4.78 is 11.5. The highest BCUT2D eigenvalue weighted by Gasteiger charge is 2.47. The quantitative estimate of drug-likeness (QED) is 0.184. The molecule has 1 heterocycles. The summed E-state index contributed by atoms with van der Waals surface area (Å²) in [5.74, 6) is -0.792. The number of hydrogen-bond donors (Lipinski definition) is 1. The van der Waals surface area contributed by atoms with Crippen LogP contribution in [-0.4, -0.2) is 23.9 Å². The molecule has 1 saturated heterocycles. The highest BCUT2D eigenvalue weighted by molar-refractivity contribution is 6.51. The molecule has 1 amide bonds. The van der Waals surface area contributed by atoms with E-state index in [4.69, 9.17) is 9.47 Å². The third-order valence-electron chi connectivity index (χ3n) is 6.51. The van der Waals surface area contributed by atoms with E-state index in [1.807, 2.05) is 67.6 Å². The van der Waals surface area contributed by atoms with Crippen LogP contribution in [0.25, 0.3) is 5.76 Å². The van der Waals surface area contributed by atoms with Crippen LogP contribution in [0.3, 0.4) is 0 Å². The SMILES string of the molecule is COc1ccc(C)cc1/C(O)=C1\C(=O)C(=O)N(c2ccccc2)C1c1cccc(OCc2ccccc2)c1. The number of carbonyl (C=O) groups excluding carboxylic acids is 2. The maximum absolute atomic E-state index is 13.5. The maximum Gasteiger partial charge on any atom is 0.300 e. The van der Waals surface area contributed by atoms with Crippen molar-refractivity contribution < 1.29 is 24.2 Å². The van der Waals surface area contributed by atoms with Crippen LogP contribution in [0.4, 0.5) is 5.69 Å². The zero-order valence-electron chi connectivity index (χ0n) is 21.1. The Balaban J connectivity index is 1.64. The van der Waals surface area contributed by atoms with E-state index in [0.29, 0.717) is 34.9 Å². The van der Waals surface area contributed by atoms with E-state index in [1.54, 1.807) is 42.5 Å². The average Bonchev–Trinajstić information content (AvgIpc) is 3.22. The first-order valence-corrected chi connectivity index (χ1v) is 12.3. The van der Waals surface area contributed by atoms with Crippen molar-refractivity contribution in [2.45, 2.75) is 19.6 Å². The van der Waals surface area contributed by atoms with Gasteiger partial charge < -0.3 is 14.6 Å². The van der Waals surface area contributed by atoms with Gasteiger partial charge in [0.05, 0.1) is 24.3 Å². The highest BCUT2D eigenvalue weighted by atomic mass is 16.5. The zero-order chi connectivity index (χ0) is 26.6. The largest absolute Gasteiger partial charge is 0.507 e. The summed E-state index contributed by atoms with van der Waals surface area (Å²) in [5, 5.41) is 11.5. The summed E-state index contributed by atoms with van der Waals surface area (Å²) in [6, 6.07) is 30.5. The third kappa shape index (κ3) is 4.76. The van der Waals surface area contributed by atoms with Gasteiger partial charge in [-0.2, -0.15) is 0 Å². The lowest BCUT2D eigenvalue weighted by molar-refractivity contribution is -0.132. The van der Waals surface area contributed by atoms with Gasteiger partial charge in [-0.15, -0.1) is 0 Å². The summed E-state index contributed by atoms with van der Waals surface area (Å²) >= 11 is 0. The molecule has 38 heavy (non-hydrogen) atoms. The van der Waals surface area contributed by atoms with E-state index in [1.165, 1.54) is 12.0 Å². The Labute approximate surface area is 221 Å². The number of Topliss-reactive ketones (excluding diaryl/α,β-unsaturated/α-hetero) is 1. The van der Waals surface area contributed by atoms with Gasteiger partial charge >= 0.3 is 0 Å². The van der Waals surface area contributed by atoms with Crippen LogP contribution in [0, 0.1) is 6.92 Å². The number of carbonyl (C=O) groups is 2. The number of amides is 1. The molecule has 6 heteroatoms. The molecule has 6 nitrogen and oxygen atoms in total. The molecule has 190 valence electrons. The topological polar surface area (TPSA) is 76.1 Å². The van der Waals surface area contributed by atoms with Crippen LogP contribution in [0.15, 0.2) is 109 Å². The summed E-state index contributed by atoms with van der Waals surface area (Å²) in [6.07, 6.45) is 0. The number of methoxy groups -OCH3 is 1. The number of nitrogens with zero attached hydrogens (tertiary/aromatic N) is 1. The number of aryl methyl sites for hydroxylation is 1. The molecular formula is C32H27NO5. The van der Waals surface area contributed by atoms with Crippen LogP contribution in [0.2, 0.25) is 0 Å². The molecule has 1 atom stereocenters. The lowest BCUT2D eigenvalue weighted by atomic mass is 9.94. The Hall–Kier alpha value is -4.84. The number of aliphatic hydroxyl groups excluding tert-OH is 1. The Bertz CT molecular complexity index is 1510. The summed E-state index contributed by atoms with van der Waals surface area (Å²) in [5.41, 5.74) is 3.40. The second kappa shape index (κ2) is 10.6. The Morgan fingerprint density at radius 1 is 0.868 bits per heavy atom. The molecule has 1 fully saturated rings. The van der Waals surface area contributed by atoms with Gasteiger partial charge in [0.15, 0.2) is 0 Å². The van der Waals surface area contributed by atoms with E-state index in [9.17, 15) is 14.7 Å². The van der Waals surface area contributed by atoms with Crippen LogP contribution in [0.5, 0.6) is 11.5 Å². The minimum absolute atomic E-state index is 0.0111. The second-order valence-corrected chi connectivity index (χ2v) is 9.06. The van der Waals surface area contributed by atoms with Crippen LogP contribution in [0.1, 0.15) is 28.3 Å². The van der Waals surface area contributed by atoms with Crippen molar-refractivity contribution in [2.75, 3.05) is 12.0 Å². The van der Waals surface area contributed by atoms with E-state index < -0.39 is 17.7 Å². The fourth-order valence-electron chi connectivity index (χ4n) is 4.67. The molecule has 0 spiro atoms. The molecule has 1 aliphatic rings. The molecule has 0 bridgehead atoms. The smallest absolute Gasteiger partial charge is 0.300 e. The molecule has 0 aromatic heterocycles. The van der Waals surface area contributed by atoms with Crippen molar-refractivity contribution in [3.63, 3.8) is 0 Å². The van der Waals surface area contributed by atoms with Gasteiger partial charge in [0.2, 0.25) is 0 Å². The summed E-state index contributed by atoms with van der Waals surface area (Å²) in [4.78, 5) is 28.3. The van der Waals surface area contributed by atoms with E-state index in [2.05, 4.69) is 0 Å². The predicted molar refractivity (Wildman–Crippen MR) is 146 cm³/mol. The highest BCUT2D eigenvalue weighted by Crippen LogP contribution is 2.44. The molecule has 1 aliphatic heterocycles. The van der Waals surface area contributed by atoms with Gasteiger partial charge in [-0.05, 0) is 54.4 Å². The lowest BCUT2D eigenvalue weighted by Gasteiger charge is -2.26. The molecule has 1 N–H and O–H groups in total. The maximum atomic E-state index is 13.5. The van der Waals surface area contributed by atoms with E-state index in [0.717, 1.165) is 11.1 Å². The fraction of sp³-hybridized carbons (Fsp3) is 0.125. The standard InChI is InChI=1S/C32H27NO5/c1-21-16-17-27(37-2)26(18-21)30(34)28-29(33(32(36)31(28)35)24-13-7-4-8-14-24)23-12-9-15-25(19-23)38-20-22-10-5-3-6-11-22/h3-19,29,34H,20H2,1-2H3/b30-28+. The Morgan fingerprint density at radius 3 is 2.29 bits per heavy atom. The summed E-state index contributed by atoms with van der Waals surface area (Å²) in [6.45, 7) is 2.24. The van der Waals surface area contributed by atoms with Crippen molar-refractivity contribution in [3.8, 4) is 11.5 Å². The number of anilines is 1. The van der Waals surface area contributed by atoms with Crippen LogP contribution < -0.4 is 14.4 Å². The fourth-order valence-corrected chi connectivity index (χ4v) is 4.67. The van der Waals surface area contributed by atoms with Crippen molar-refractivity contribution in [3.05, 3.63) is 131 Å². The number of ether oxygens (including phenoxy) is 2. The van der Waals surface area contributed by atoms with E-state index in [-0.39, 0.29) is 11.3 Å². The average molecular weight is 506 g/mol. The van der Waals surface area contributed by atoms with Crippen molar-refractivity contribution >= 4 is 23.1 Å². The van der Waals surface area contributed by atoms with Crippen molar-refractivity contribution in [2.24, 2.45) is 0 Å². The first-order valence-electron chi connectivity index (χ1n) is 12.3. The molecule has 0 radical (unpaired) electrons. The normalized spacial score (nSPS) is 16.5. The van der Waals surface area contributed by atoms with Crippen LogP contribution in [-0.2, 0) is 16.2 Å². The first kappa shape index (κ1) is 24.8. The van der Waals surface area contributed by atoms with Gasteiger partial charge in [-0.25, -0.2) is 0 Å². The van der Waals surface area contributed by atoms with Gasteiger partial charge in [-0.3, -0.25) is 14.5 Å². The lowest BCUT2D eigenvalue weighted by Crippen LogP contribution is -2.29. The molecule has 4 aromatic carbocycles. The predicted octanol–water partition coefficient (Wildman–Crippen LogP) is 6.21. The van der Waals surface area contributed by atoms with Gasteiger partial charge in [0, 0.05) is 5.69 Å². The minimum Gasteiger partial charge on any atom is -0.507 e. The Kier molecular flexibility index (Phi) is 6.96. The Morgan fingerprint density at radius 2 is 1.58 bits per heavy atom. The number of aliphatic hydroxyl groups is 1. The number of rotatable bonds is 7. The number of hydrogen-bond acceptors (Lipinski definition) is 5. The van der Waals surface area contributed by atoms with Gasteiger partial charge in [-0.1, -0.05) is 72.3 Å². The van der Waals surface area contributed by atoms with Gasteiger partial charge in [0.1, 0.15) is 23.9 Å². The third-order valence-corrected chi connectivity index (χ3v) is 6.51. The summed E-state index contributed by atoms with van der Waals surface area (Å²) in [7, 11) is 1.50. The molecule has 0 aliphatic carbocycles. The molecule has 5 rings (SSSR count). The molecule has 4 aromatic rings. The van der Waals surface area contributed by atoms with Crippen molar-refractivity contribution in [1.29, 1.82) is 0 Å². The molecule has 1 unspecified atom stereocenters. The molecular weight excluding hydrogens is 478 g/mol. The number of ketones is 1. The minimum atomic E-state index is -0.872. The van der Waals surface area contributed by atoms with Crippen LogP contribution >= 0.6 is 0 Å². The van der Waals surface area contributed by atoms with Gasteiger partial charge in [0.25, 0.3) is 11.7 Å². The first-order chi connectivity index (χ1) is 18.5. The number of benzene rings is 4. The second-order valence-electron chi connectivity index (χ2n) is 9.06. The van der Waals surface area contributed by atoms with E-state index >= 15 is 0 Å². The van der Waals surface area contributed by atoms with Crippen molar-refractivity contribution in [1.82, 2.24) is 0 Å². The monoisotopic (exact) mass is 505 g/mol. The zero-order valence-corrected chi connectivity index (χ0v) is 21.1. The number of para-hydroxylation sites is 1.